The minimum atomic E-state index is 0.103. The first kappa shape index (κ1) is 8.28. The average molecular weight is 172 g/mol. The summed E-state index contributed by atoms with van der Waals surface area (Å²) in [4.78, 5) is 0. The summed E-state index contributed by atoms with van der Waals surface area (Å²) in [5, 5.41) is 12.2. The van der Waals surface area contributed by atoms with Crippen molar-refractivity contribution in [3.05, 3.63) is 35.4 Å². The number of nitrogens with one attached hydrogen (secondary N) is 1. The number of nitriles is 1. The van der Waals surface area contributed by atoms with E-state index in [1.165, 1.54) is 0 Å². The second-order valence-electron chi connectivity index (χ2n) is 3.49. The summed E-state index contributed by atoms with van der Waals surface area (Å²) in [5.74, 6) is 0. The van der Waals surface area contributed by atoms with Crippen LogP contribution in [0.5, 0.6) is 0 Å². The molecule has 0 amide bonds. The zero-order valence-corrected chi connectivity index (χ0v) is 7.67. The summed E-state index contributed by atoms with van der Waals surface area (Å²) in [5.41, 5.74) is 2.06. The first-order valence-electron chi connectivity index (χ1n) is 4.51. The third-order valence-corrected chi connectivity index (χ3v) is 2.79. The van der Waals surface area contributed by atoms with Gasteiger partial charge in [-0.05, 0) is 31.5 Å². The van der Waals surface area contributed by atoms with Gasteiger partial charge in [-0.15, -0.1) is 0 Å². The minimum absolute atomic E-state index is 0.103. The Balaban J connectivity index is 2.46. The molecular weight excluding hydrogens is 160 g/mol. The third kappa shape index (κ3) is 1.22. The molecule has 1 aromatic rings. The molecule has 13 heavy (non-hydrogen) atoms. The molecule has 2 heteroatoms. The number of rotatable bonds is 2. The van der Waals surface area contributed by atoms with Crippen LogP contribution < -0.4 is 5.32 Å². The highest BCUT2D eigenvalue weighted by Crippen LogP contribution is 2.46. The number of benzene rings is 1. The van der Waals surface area contributed by atoms with Gasteiger partial charge < -0.3 is 5.32 Å². The van der Waals surface area contributed by atoms with Gasteiger partial charge in [-0.25, -0.2) is 0 Å². The van der Waals surface area contributed by atoms with E-state index in [0.717, 1.165) is 24.0 Å². The fraction of sp³-hybridized carbons (Fsp3) is 0.364. The maximum Gasteiger partial charge on any atom is 0.0995 e. The summed E-state index contributed by atoms with van der Waals surface area (Å²) in [7, 11) is 1.96. The van der Waals surface area contributed by atoms with E-state index in [1.807, 2.05) is 31.3 Å². The molecule has 0 atom stereocenters. The van der Waals surface area contributed by atoms with Crippen molar-refractivity contribution in [1.82, 2.24) is 5.32 Å². The van der Waals surface area contributed by atoms with Crippen molar-refractivity contribution >= 4 is 0 Å². The predicted molar refractivity (Wildman–Crippen MR) is 51.1 cm³/mol. The molecule has 1 aromatic carbocycles. The van der Waals surface area contributed by atoms with Crippen LogP contribution in [0.1, 0.15) is 24.0 Å². The molecule has 1 saturated carbocycles. The molecule has 0 bridgehead atoms. The third-order valence-electron chi connectivity index (χ3n) is 2.79. The second-order valence-corrected chi connectivity index (χ2v) is 3.49. The summed E-state index contributed by atoms with van der Waals surface area (Å²) in [6, 6.07) is 10.1. The van der Waals surface area contributed by atoms with Gasteiger partial charge in [0.15, 0.2) is 0 Å². The summed E-state index contributed by atoms with van der Waals surface area (Å²) >= 11 is 0. The van der Waals surface area contributed by atoms with Gasteiger partial charge in [-0.1, -0.05) is 18.2 Å². The molecule has 0 aromatic heterocycles. The van der Waals surface area contributed by atoms with E-state index in [4.69, 9.17) is 5.26 Å². The average Bonchev–Trinajstić information content (AvgIpc) is 2.98. The normalized spacial score (nSPS) is 17.8. The van der Waals surface area contributed by atoms with Crippen LogP contribution in [-0.2, 0) is 5.54 Å². The summed E-state index contributed by atoms with van der Waals surface area (Å²) in [6.07, 6.45) is 2.28. The van der Waals surface area contributed by atoms with Crippen LogP contribution in [0.15, 0.2) is 24.3 Å². The van der Waals surface area contributed by atoms with E-state index in [-0.39, 0.29) is 5.54 Å². The topological polar surface area (TPSA) is 35.8 Å². The molecule has 0 heterocycles. The Morgan fingerprint density at radius 3 is 2.62 bits per heavy atom. The highest BCUT2D eigenvalue weighted by atomic mass is 15.0. The number of nitrogens with zero attached hydrogens (tertiary/aromatic N) is 1. The van der Waals surface area contributed by atoms with Crippen molar-refractivity contribution in [3.8, 4) is 6.07 Å². The Morgan fingerprint density at radius 1 is 1.38 bits per heavy atom. The largest absolute Gasteiger partial charge is 0.310 e. The second kappa shape index (κ2) is 2.86. The molecule has 66 valence electrons. The highest BCUT2D eigenvalue weighted by molar-refractivity contribution is 5.44. The van der Waals surface area contributed by atoms with Gasteiger partial charge in [0, 0.05) is 5.54 Å². The Bertz CT molecular complexity index is 359. The van der Waals surface area contributed by atoms with Gasteiger partial charge in [0.1, 0.15) is 0 Å². The van der Waals surface area contributed by atoms with Crippen LogP contribution >= 0.6 is 0 Å². The number of hydrogen-bond donors (Lipinski definition) is 1. The Kier molecular flexibility index (Phi) is 1.82. The van der Waals surface area contributed by atoms with Crippen molar-refractivity contribution in [1.29, 1.82) is 5.26 Å². The van der Waals surface area contributed by atoms with Crippen LogP contribution in [0.2, 0.25) is 0 Å². The van der Waals surface area contributed by atoms with Crippen LogP contribution in [-0.4, -0.2) is 7.05 Å². The van der Waals surface area contributed by atoms with Gasteiger partial charge in [-0.2, -0.15) is 5.26 Å². The first-order chi connectivity index (χ1) is 6.32. The van der Waals surface area contributed by atoms with E-state index >= 15 is 0 Å². The quantitative estimate of drug-likeness (QED) is 0.738. The van der Waals surface area contributed by atoms with Crippen molar-refractivity contribution in [3.63, 3.8) is 0 Å². The fourth-order valence-electron chi connectivity index (χ4n) is 1.78. The van der Waals surface area contributed by atoms with Gasteiger partial charge in [-0.3, -0.25) is 0 Å². The molecule has 2 rings (SSSR count). The minimum Gasteiger partial charge on any atom is -0.310 e. The molecule has 0 spiro atoms. The molecule has 1 aliphatic carbocycles. The lowest BCUT2D eigenvalue weighted by atomic mass is 9.99. The van der Waals surface area contributed by atoms with E-state index < -0.39 is 0 Å². The first-order valence-corrected chi connectivity index (χ1v) is 4.51. The van der Waals surface area contributed by atoms with Gasteiger partial charge >= 0.3 is 0 Å². The molecule has 0 radical (unpaired) electrons. The van der Waals surface area contributed by atoms with Gasteiger partial charge in [0.2, 0.25) is 0 Å². The maximum atomic E-state index is 8.93. The van der Waals surface area contributed by atoms with Crippen molar-refractivity contribution in [2.75, 3.05) is 7.05 Å². The molecule has 0 aliphatic heterocycles. The zero-order valence-electron chi connectivity index (χ0n) is 7.67. The lowest BCUT2D eigenvalue weighted by Crippen LogP contribution is -2.25. The highest BCUT2D eigenvalue weighted by Gasteiger charge is 2.43. The van der Waals surface area contributed by atoms with Crippen LogP contribution in [0.4, 0.5) is 0 Å². The predicted octanol–water partition coefficient (Wildman–Crippen LogP) is 1.77. The molecule has 0 unspecified atom stereocenters. The molecular formula is C11H12N2. The van der Waals surface area contributed by atoms with Crippen molar-refractivity contribution in [2.24, 2.45) is 0 Å². The van der Waals surface area contributed by atoms with Gasteiger partial charge in [0.25, 0.3) is 0 Å². The summed E-state index contributed by atoms with van der Waals surface area (Å²) in [6.45, 7) is 0. The zero-order chi connectivity index (χ0) is 9.31. The smallest absolute Gasteiger partial charge is 0.0995 e. The monoisotopic (exact) mass is 172 g/mol. The Morgan fingerprint density at radius 2 is 2.08 bits per heavy atom. The maximum absolute atomic E-state index is 8.93. The van der Waals surface area contributed by atoms with Crippen molar-refractivity contribution in [2.45, 2.75) is 18.4 Å². The fourth-order valence-corrected chi connectivity index (χ4v) is 1.78. The summed E-state index contributed by atoms with van der Waals surface area (Å²) < 4.78 is 0. The standard InChI is InChI=1S/C11H12N2/c1-13-11(6-7-11)10-5-3-2-4-9(10)8-12/h2-5,13H,6-7H2,1H3. The van der Waals surface area contributed by atoms with E-state index in [1.54, 1.807) is 0 Å². The molecule has 0 saturated heterocycles. The SMILES string of the molecule is CNC1(c2ccccc2C#N)CC1. The van der Waals surface area contributed by atoms with Crippen LogP contribution in [0.3, 0.4) is 0 Å². The van der Waals surface area contributed by atoms with Crippen LogP contribution in [0, 0.1) is 11.3 Å². The van der Waals surface area contributed by atoms with Gasteiger partial charge in [0.05, 0.1) is 11.6 Å². The van der Waals surface area contributed by atoms with E-state index in [2.05, 4.69) is 11.4 Å². The molecule has 1 aliphatic rings. The number of hydrogen-bond acceptors (Lipinski definition) is 2. The molecule has 2 nitrogen and oxygen atoms in total. The lowest BCUT2D eigenvalue weighted by Gasteiger charge is -2.15. The van der Waals surface area contributed by atoms with E-state index in [0.29, 0.717) is 0 Å². The molecule has 1 fully saturated rings. The Labute approximate surface area is 78.2 Å². The van der Waals surface area contributed by atoms with Crippen molar-refractivity contribution < 1.29 is 0 Å². The Hall–Kier alpha value is -1.33. The molecule has 1 N–H and O–H groups in total. The van der Waals surface area contributed by atoms with E-state index in [9.17, 15) is 0 Å². The van der Waals surface area contributed by atoms with Crippen LogP contribution in [0.25, 0.3) is 0 Å². The lowest BCUT2D eigenvalue weighted by molar-refractivity contribution is 0.584.